The second kappa shape index (κ2) is 7.66. The maximum Gasteiger partial charge on any atom is 0.291 e. The summed E-state index contributed by atoms with van der Waals surface area (Å²) < 4.78 is 6.77. The van der Waals surface area contributed by atoms with Gasteiger partial charge in [0.1, 0.15) is 6.04 Å². The quantitative estimate of drug-likeness (QED) is 0.736. The number of hydrogen-bond donors (Lipinski definition) is 1. The Hall–Kier alpha value is -3.40. The van der Waals surface area contributed by atoms with E-state index < -0.39 is 11.9 Å². The van der Waals surface area contributed by atoms with Crippen molar-refractivity contribution >= 4 is 5.91 Å². The topological polar surface area (TPSA) is 96.7 Å². The number of rotatable bonds is 6. The Morgan fingerprint density at radius 2 is 2.15 bits per heavy atom. The predicted molar refractivity (Wildman–Crippen MR) is 94.6 cm³/mol. The fraction of sp³-hybridized carbons (Fsp3) is 0.263. The highest BCUT2D eigenvalue weighted by molar-refractivity contribution is 5.91. The number of benzene rings is 1. The molecule has 0 spiro atoms. The second-order valence-electron chi connectivity index (χ2n) is 6.01. The van der Waals surface area contributed by atoms with Crippen molar-refractivity contribution in [3.8, 4) is 11.8 Å². The number of hydrogen-bond acceptors (Lipinski definition) is 5. The van der Waals surface area contributed by atoms with Crippen molar-refractivity contribution in [2.45, 2.75) is 32.2 Å². The average Bonchev–Trinajstić information content (AvgIpc) is 3.36. The number of nitrogens with zero attached hydrogens (tertiary/aromatic N) is 4. The number of amides is 1. The molecule has 1 N–H and O–H groups in total. The van der Waals surface area contributed by atoms with E-state index in [-0.39, 0.29) is 11.7 Å². The van der Waals surface area contributed by atoms with Gasteiger partial charge in [-0.05, 0) is 18.6 Å². The van der Waals surface area contributed by atoms with E-state index in [0.717, 1.165) is 17.8 Å². The largest absolute Gasteiger partial charge is 0.351 e. The molecule has 0 saturated heterocycles. The summed E-state index contributed by atoms with van der Waals surface area (Å²) in [5.41, 5.74) is 2.18. The first-order valence-electron chi connectivity index (χ1n) is 8.39. The molecule has 0 fully saturated rings. The molecule has 2 atom stereocenters. The van der Waals surface area contributed by atoms with Crippen LogP contribution in [0.4, 0.5) is 0 Å². The average molecular weight is 349 g/mol. The van der Waals surface area contributed by atoms with Crippen LogP contribution in [0.25, 0.3) is 5.69 Å². The highest BCUT2D eigenvalue weighted by Crippen LogP contribution is 2.19. The minimum atomic E-state index is -0.836. The van der Waals surface area contributed by atoms with Crippen LogP contribution in [0, 0.1) is 11.3 Å². The van der Waals surface area contributed by atoms with Gasteiger partial charge in [0, 0.05) is 23.7 Å². The third kappa shape index (κ3) is 3.64. The fourth-order valence-corrected chi connectivity index (χ4v) is 2.44. The highest BCUT2D eigenvalue weighted by atomic mass is 16.5. The van der Waals surface area contributed by atoms with Crippen molar-refractivity contribution < 1.29 is 9.32 Å². The summed E-state index contributed by atoms with van der Waals surface area (Å²) in [4.78, 5) is 12.4. The van der Waals surface area contributed by atoms with Crippen molar-refractivity contribution in [3.05, 3.63) is 65.8 Å². The van der Waals surface area contributed by atoms with Gasteiger partial charge in [-0.2, -0.15) is 10.4 Å². The second-order valence-corrected chi connectivity index (χ2v) is 6.01. The Labute approximate surface area is 151 Å². The van der Waals surface area contributed by atoms with Gasteiger partial charge in [0.15, 0.2) is 0 Å². The summed E-state index contributed by atoms with van der Waals surface area (Å²) in [6, 6.07) is 12.4. The summed E-state index contributed by atoms with van der Waals surface area (Å²) in [5.74, 6) is -0.182. The Kier molecular flexibility index (Phi) is 5.13. The first-order valence-corrected chi connectivity index (χ1v) is 8.39. The summed E-state index contributed by atoms with van der Waals surface area (Å²) >= 11 is 0. The molecule has 2 heterocycles. The fourth-order valence-electron chi connectivity index (χ4n) is 2.44. The van der Waals surface area contributed by atoms with Gasteiger partial charge in [-0.1, -0.05) is 37.2 Å². The Morgan fingerprint density at radius 1 is 1.38 bits per heavy atom. The first-order chi connectivity index (χ1) is 12.6. The molecule has 0 aliphatic rings. The van der Waals surface area contributed by atoms with Crippen LogP contribution in [0.1, 0.15) is 54.0 Å². The minimum absolute atomic E-state index is 0.0935. The van der Waals surface area contributed by atoms with Crippen LogP contribution in [0.2, 0.25) is 0 Å². The van der Waals surface area contributed by atoms with Crippen LogP contribution < -0.4 is 5.32 Å². The Balaban J connectivity index is 1.74. The Bertz CT molecular complexity index is 923. The van der Waals surface area contributed by atoms with Crippen molar-refractivity contribution in [1.29, 1.82) is 5.26 Å². The number of aromatic nitrogens is 3. The van der Waals surface area contributed by atoms with Crippen molar-refractivity contribution in [2.75, 3.05) is 0 Å². The van der Waals surface area contributed by atoms with E-state index in [9.17, 15) is 10.1 Å². The SMILES string of the molecule is CC[C@H](C)c1cc(C(=O)N[C@@H](C#N)c2cnn(-c3ccccc3)c2)on1. The van der Waals surface area contributed by atoms with Gasteiger partial charge in [-0.3, -0.25) is 4.79 Å². The number of carbonyl (C=O) groups excluding carboxylic acids is 1. The third-order valence-corrected chi connectivity index (χ3v) is 4.23. The molecule has 3 aromatic rings. The molecule has 0 radical (unpaired) electrons. The van der Waals surface area contributed by atoms with Gasteiger partial charge in [-0.15, -0.1) is 0 Å². The van der Waals surface area contributed by atoms with Crippen LogP contribution in [-0.4, -0.2) is 20.8 Å². The van der Waals surface area contributed by atoms with Crippen molar-refractivity contribution in [3.63, 3.8) is 0 Å². The van der Waals surface area contributed by atoms with Gasteiger partial charge >= 0.3 is 0 Å². The van der Waals surface area contributed by atoms with E-state index >= 15 is 0 Å². The molecule has 3 rings (SSSR count). The molecule has 26 heavy (non-hydrogen) atoms. The van der Waals surface area contributed by atoms with Gasteiger partial charge in [0.05, 0.1) is 23.6 Å². The monoisotopic (exact) mass is 349 g/mol. The van der Waals surface area contributed by atoms with Crippen LogP contribution >= 0.6 is 0 Å². The smallest absolute Gasteiger partial charge is 0.291 e. The van der Waals surface area contributed by atoms with E-state index in [0.29, 0.717) is 5.56 Å². The molecular formula is C19H19N5O2. The minimum Gasteiger partial charge on any atom is -0.351 e. The zero-order valence-electron chi connectivity index (χ0n) is 14.6. The molecule has 2 aromatic heterocycles. The molecule has 0 aliphatic heterocycles. The highest BCUT2D eigenvalue weighted by Gasteiger charge is 2.21. The molecule has 7 nitrogen and oxygen atoms in total. The lowest BCUT2D eigenvalue weighted by atomic mass is 10.1. The van der Waals surface area contributed by atoms with Crippen LogP contribution in [0.5, 0.6) is 0 Å². The molecule has 1 aromatic carbocycles. The maximum absolute atomic E-state index is 12.4. The first kappa shape index (κ1) is 17.4. The molecule has 0 bridgehead atoms. The summed E-state index contributed by atoms with van der Waals surface area (Å²) in [6.45, 7) is 4.05. The molecule has 1 amide bonds. The van der Waals surface area contributed by atoms with Gasteiger partial charge in [0.2, 0.25) is 5.76 Å². The lowest BCUT2D eigenvalue weighted by Crippen LogP contribution is -2.27. The predicted octanol–water partition coefficient (Wildman–Crippen LogP) is 3.37. The molecule has 0 unspecified atom stereocenters. The van der Waals surface area contributed by atoms with E-state index in [4.69, 9.17) is 4.52 Å². The van der Waals surface area contributed by atoms with Gasteiger partial charge < -0.3 is 9.84 Å². The van der Waals surface area contributed by atoms with E-state index in [1.807, 2.05) is 44.2 Å². The zero-order valence-corrected chi connectivity index (χ0v) is 14.6. The van der Waals surface area contributed by atoms with E-state index in [1.165, 1.54) is 0 Å². The summed E-state index contributed by atoms with van der Waals surface area (Å²) in [7, 11) is 0. The number of carbonyl (C=O) groups is 1. The number of nitrogens with one attached hydrogen (secondary N) is 1. The summed E-state index contributed by atoms with van der Waals surface area (Å²) in [6.07, 6.45) is 4.17. The number of nitriles is 1. The Morgan fingerprint density at radius 3 is 2.85 bits per heavy atom. The molecule has 7 heteroatoms. The molecule has 0 saturated carbocycles. The standard InChI is InChI=1S/C19H19N5O2/c1-3-13(2)16-9-18(26-23-16)19(25)22-17(10-20)14-11-21-24(12-14)15-7-5-4-6-8-15/h4-9,11-13,17H,3H2,1-2H3,(H,22,25)/t13-,17-/m0/s1. The molecule has 0 aliphatic carbocycles. The zero-order chi connectivity index (χ0) is 18.5. The number of para-hydroxylation sites is 1. The van der Waals surface area contributed by atoms with Crippen LogP contribution in [0.15, 0.2) is 53.3 Å². The maximum atomic E-state index is 12.4. The lowest BCUT2D eigenvalue weighted by molar-refractivity contribution is 0.0908. The molecule has 132 valence electrons. The van der Waals surface area contributed by atoms with Gasteiger partial charge in [0.25, 0.3) is 5.91 Å². The van der Waals surface area contributed by atoms with Crippen molar-refractivity contribution in [1.82, 2.24) is 20.3 Å². The molecular weight excluding hydrogens is 330 g/mol. The normalized spacial score (nSPS) is 13.0. The van der Waals surface area contributed by atoms with Crippen molar-refractivity contribution in [2.24, 2.45) is 0 Å². The lowest BCUT2D eigenvalue weighted by Gasteiger charge is -2.07. The van der Waals surface area contributed by atoms with E-state index in [2.05, 4.69) is 21.6 Å². The third-order valence-electron chi connectivity index (χ3n) is 4.23. The summed E-state index contributed by atoms with van der Waals surface area (Å²) in [5, 5.41) is 20.3. The van der Waals surface area contributed by atoms with E-state index in [1.54, 1.807) is 23.1 Å². The van der Waals surface area contributed by atoms with Crippen LogP contribution in [0.3, 0.4) is 0 Å². The van der Waals surface area contributed by atoms with Crippen LogP contribution in [-0.2, 0) is 0 Å². The van der Waals surface area contributed by atoms with Gasteiger partial charge in [-0.25, -0.2) is 4.68 Å².